The van der Waals surface area contributed by atoms with Crippen LogP contribution < -0.4 is 0 Å². The lowest BCUT2D eigenvalue weighted by atomic mass is 9.86. The Balaban J connectivity index is 1.92. The molecule has 12 heteroatoms. The molecule has 3 aliphatic heterocycles. The largest absolute Gasteiger partial charge is 0.394 e. The van der Waals surface area contributed by atoms with Crippen molar-refractivity contribution < 1.29 is 59.4 Å². The van der Waals surface area contributed by atoms with Crippen molar-refractivity contribution in [1.82, 2.24) is 0 Å². The van der Waals surface area contributed by atoms with E-state index in [9.17, 15) is 35.7 Å². The second-order valence-electron chi connectivity index (χ2n) is 8.90. The molecule has 0 aliphatic carbocycles. The minimum Gasteiger partial charge on any atom is -0.394 e. The average molecular weight is 440 g/mol. The molecule has 7 N–H and O–H groups in total. The molecule has 3 fully saturated rings. The number of hydrogen-bond donors (Lipinski definition) is 7. The molecule has 0 aromatic carbocycles. The van der Waals surface area contributed by atoms with E-state index >= 15 is 0 Å². The maximum Gasteiger partial charge on any atom is 0.224 e. The van der Waals surface area contributed by atoms with Gasteiger partial charge in [0.2, 0.25) is 5.79 Å². The van der Waals surface area contributed by atoms with Crippen LogP contribution in [-0.2, 0) is 23.7 Å². The summed E-state index contributed by atoms with van der Waals surface area (Å²) in [6.45, 7) is 2.57. The van der Waals surface area contributed by atoms with Crippen LogP contribution in [0.5, 0.6) is 0 Å². The minimum absolute atomic E-state index is 0.553. The summed E-state index contributed by atoms with van der Waals surface area (Å²) in [6.07, 6.45) is -10.7. The number of hydrogen-bond acceptors (Lipinski definition) is 12. The van der Waals surface area contributed by atoms with Crippen molar-refractivity contribution in [3.05, 3.63) is 0 Å². The highest BCUT2D eigenvalue weighted by Crippen LogP contribution is 2.47. The van der Waals surface area contributed by atoms with E-state index in [1.54, 1.807) is 20.8 Å². The predicted octanol–water partition coefficient (Wildman–Crippen LogP) is -3.60. The van der Waals surface area contributed by atoms with Gasteiger partial charge in [-0.25, -0.2) is 0 Å². The molecular formula is C18H32O12. The molecule has 0 aromatic rings. The number of rotatable bonds is 6. The number of aliphatic hydroxyl groups is 7. The Morgan fingerprint density at radius 1 is 0.800 bits per heavy atom. The number of ether oxygens (including phenoxy) is 5. The third kappa shape index (κ3) is 3.68. The van der Waals surface area contributed by atoms with Crippen LogP contribution in [-0.4, -0.2) is 123 Å². The Bertz CT molecular complexity index is 598. The first kappa shape index (κ1) is 24.2. The Morgan fingerprint density at radius 2 is 1.40 bits per heavy atom. The van der Waals surface area contributed by atoms with E-state index in [1.165, 1.54) is 0 Å². The summed E-state index contributed by atoms with van der Waals surface area (Å²) >= 11 is 0. The van der Waals surface area contributed by atoms with Gasteiger partial charge >= 0.3 is 0 Å². The molecule has 0 aromatic heterocycles. The lowest BCUT2D eigenvalue weighted by Gasteiger charge is -2.42. The van der Waals surface area contributed by atoms with E-state index < -0.39 is 92.4 Å². The first-order valence-corrected chi connectivity index (χ1v) is 9.83. The van der Waals surface area contributed by atoms with Crippen molar-refractivity contribution in [1.29, 1.82) is 0 Å². The van der Waals surface area contributed by atoms with Crippen molar-refractivity contribution in [3.63, 3.8) is 0 Å². The molecule has 176 valence electrons. The molecule has 0 amide bonds. The smallest absolute Gasteiger partial charge is 0.224 e. The van der Waals surface area contributed by atoms with Gasteiger partial charge < -0.3 is 59.4 Å². The fraction of sp³-hybridized carbons (Fsp3) is 1.00. The normalized spacial score (nSPS) is 49.4. The molecule has 3 heterocycles. The highest BCUT2D eigenvalue weighted by atomic mass is 16.8. The fourth-order valence-electron chi connectivity index (χ4n) is 4.00. The van der Waals surface area contributed by atoms with Gasteiger partial charge in [0.25, 0.3) is 0 Å². The Labute approximate surface area is 173 Å². The van der Waals surface area contributed by atoms with Crippen LogP contribution in [0.1, 0.15) is 20.8 Å². The van der Waals surface area contributed by atoms with Crippen molar-refractivity contribution in [2.24, 2.45) is 5.41 Å². The summed E-state index contributed by atoms with van der Waals surface area (Å²) < 4.78 is 28.6. The van der Waals surface area contributed by atoms with Gasteiger partial charge in [-0.15, -0.1) is 0 Å². The molecule has 0 bridgehead atoms. The molecule has 3 aliphatic rings. The quantitative estimate of drug-likeness (QED) is 0.215. The van der Waals surface area contributed by atoms with Gasteiger partial charge in [-0.3, -0.25) is 0 Å². The van der Waals surface area contributed by atoms with Gasteiger partial charge in [0, 0.05) is 5.41 Å². The van der Waals surface area contributed by atoms with Crippen LogP contribution in [0.4, 0.5) is 0 Å². The predicted molar refractivity (Wildman–Crippen MR) is 95.6 cm³/mol. The zero-order valence-electron chi connectivity index (χ0n) is 17.1. The Hall–Kier alpha value is -0.480. The SMILES string of the molecule is CC(C)(C)[C@]1(CO)O[C@H]2[C@@H](O[C@]3(CO)O[C@H](CO)[C@@H](O)[C@@H]3O)O[C@H](CO)[C@@H](O)[C@@H]2O1. The zero-order chi connectivity index (χ0) is 22.5. The van der Waals surface area contributed by atoms with Crippen LogP contribution in [0.2, 0.25) is 0 Å². The summed E-state index contributed by atoms with van der Waals surface area (Å²) in [5.41, 5.74) is -0.742. The van der Waals surface area contributed by atoms with Crippen molar-refractivity contribution in [2.45, 2.75) is 81.4 Å². The van der Waals surface area contributed by atoms with E-state index in [0.717, 1.165) is 0 Å². The maximum atomic E-state index is 10.6. The summed E-state index contributed by atoms with van der Waals surface area (Å²) in [5, 5.41) is 69.9. The number of fused-ring (bicyclic) bond motifs is 1. The molecule has 12 nitrogen and oxygen atoms in total. The lowest BCUT2D eigenvalue weighted by Crippen LogP contribution is -2.61. The average Bonchev–Trinajstić information content (AvgIpc) is 3.23. The standard InChI is InChI=1S/C18H32O12/c1-16(2,3)18(7-22)28-12-10(23)8(4-19)26-15(13(12)29-18)30-17(6-21)14(25)11(24)9(5-20)27-17/h8-15,19-25H,4-7H2,1-3H3/t8-,9-,10-,11-,12+,13-,14+,15-,17+,18+/m1/s1. The second kappa shape index (κ2) is 8.46. The van der Waals surface area contributed by atoms with E-state index in [1.807, 2.05) is 0 Å². The maximum absolute atomic E-state index is 10.6. The molecule has 0 unspecified atom stereocenters. The van der Waals surface area contributed by atoms with Crippen LogP contribution >= 0.6 is 0 Å². The highest BCUT2D eigenvalue weighted by molar-refractivity contribution is 5.03. The molecule has 30 heavy (non-hydrogen) atoms. The molecule has 3 saturated heterocycles. The van der Waals surface area contributed by atoms with E-state index in [4.69, 9.17) is 23.7 Å². The van der Waals surface area contributed by atoms with Gasteiger partial charge in [-0.05, 0) is 0 Å². The first-order valence-electron chi connectivity index (χ1n) is 9.83. The Morgan fingerprint density at radius 3 is 1.87 bits per heavy atom. The third-order valence-electron chi connectivity index (χ3n) is 6.02. The lowest BCUT2D eigenvalue weighted by molar-refractivity contribution is -0.377. The summed E-state index contributed by atoms with van der Waals surface area (Å²) in [5.74, 6) is -3.70. The number of aliphatic hydroxyl groups excluding tert-OH is 7. The third-order valence-corrected chi connectivity index (χ3v) is 6.02. The monoisotopic (exact) mass is 440 g/mol. The topological polar surface area (TPSA) is 188 Å². The first-order chi connectivity index (χ1) is 14.0. The molecule has 3 rings (SSSR count). The molecule has 0 saturated carbocycles. The summed E-state index contributed by atoms with van der Waals surface area (Å²) in [4.78, 5) is 0. The highest BCUT2D eigenvalue weighted by Gasteiger charge is 2.64. The van der Waals surface area contributed by atoms with Crippen LogP contribution in [0.15, 0.2) is 0 Å². The van der Waals surface area contributed by atoms with Crippen molar-refractivity contribution in [3.8, 4) is 0 Å². The zero-order valence-corrected chi connectivity index (χ0v) is 17.1. The van der Waals surface area contributed by atoms with Gasteiger partial charge in [-0.2, -0.15) is 0 Å². The van der Waals surface area contributed by atoms with E-state index in [-0.39, 0.29) is 0 Å². The summed E-state index contributed by atoms with van der Waals surface area (Å²) in [6, 6.07) is 0. The van der Waals surface area contributed by atoms with Crippen LogP contribution in [0.25, 0.3) is 0 Å². The van der Waals surface area contributed by atoms with Crippen molar-refractivity contribution in [2.75, 3.05) is 26.4 Å². The molecule has 10 atom stereocenters. The Kier molecular flexibility index (Phi) is 6.82. The van der Waals surface area contributed by atoms with Crippen LogP contribution in [0.3, 0.4) is 0 Å². The van der Waals surface area contributed by atoms with E-state index in [0.29, 0.717) is 0 Å². The van der Waals surface area contributed by atoms with Crippen LogP contribution in [0, 0.1) is 5.41 Å². The van der Waals surface area contributed by atoms with Gasteiger partial charge in [0.05, 0.1) is 19.8 Å². The summed E-state index contributed by atoms with van der Waals surface area (Å²) in [7, 11) is 0. The van der Waals surface area contributed by atoms with E-state index in [2.05, 4.69) is 0 Å². The van der Waals surface area contributed by atoms with Gasteiger partial charge in [-0.1, -0.05) is 20.8 Å². The second-order valence-corrected chi connectivity index (χ2v) is 8.90. The van der Waals surface area contributed by atoms with Crippen molar-refractivity contribution >= 4 is 0 Å². The fourth-order valence-corrected chi connectivity index (χ4v) is 4.00. The molecule has 0 spiro atoms. The molecular weight excluding hydrogens is 408 g/mol. The molecule has 0 radical (unpaired) electrons. The van der Waals surface area contributed by atoms with Gasteiger partial charge in [0.15, 0.2) is 12.1 Å². The van der Waals surface area contributed by atoms with Gasteiger partial charge in [0.1, 0.15) is 49.3 Å². The minimum atomic E-state index is -2.17.